The summed E-state index contributed by atoms with van der Waals surface area (Å²) < 4.78 is 5.90. The van der Waals surface area contributed by atoms with Gasteiger partial charge in [0.25, 0.3) is 0 Å². The third kappa shape index (κ3) is 6.09. The number of ether oxygens (including phenoxy) is 1. The molecule has 0 radical (unpaired) electrons. The van der Waals surface area contributed by atoms with Crippen molar-refractivity contribution in [2.24, 2.45) is 0 Å². The summed E-state index contributed by atoms with van der Waals surface area (Å²) >= 11 is 0. The van der Waals surface area contributed by atoms with Crippen LogP contribution in [0.1, 0.15) is 63.5 Å². The van der Waals surface area contributed by atoms with Crippen LogP contribution in [0.4, 0.5) is 0 Å². The molecule has 2 heteroatoms. The van der Waals surface area contributed by atoms with Crippen molar-refractivity contribution in [1.82, 2.24) is 5.32 Å². The number of rotatable bonds is 9. The molecule has 118 valence electrons. The molecule has 0 amide bonds. The summed E-state index contributed by atoms with van der Waals surface area (Å²) in [7, 11) is 0. The zero-order valence-electron chi connectivity index (χ0n) is 13.8. The molecule has 0 spiro atoms. The zero-order valence-corrected chi connectivity index (χ0v) is 13.8. The minimum atomic E-state index is 0.609. The quantitative estimate of drug-likeness (QED) is 0.676. The number of nitrogens with one attached hydrogen (secondary N) is 1. The van der Waals surface area contributed by atoms with E-state index in [1.165, 1.54) is 62.5 Å². The summed E-state index contributed by atoms with van der Waals surface area (Å²) in [6.07, 6.45) is 10.2. The van der Waals surface area contributed by atoms with Crippen molar-refractivity contribution in [2.45, 2.75) is 71.3 Å². The Hall–Kier alpha value is -1.02. The van der Waals surface area contributed by atoms with Gasteiger partial charge in [0.05, 0.1) is 6.61 Å². The minimum absolute atomic E-state index is 0.609. The van der Waals surface area contributed by atoms with Crippen molar-refractivity contribution in [2.75, 3.05) is 13.2 Å². The molecular formula is C19H31NO. The van der Waals surface area contributed by atoms with Gasteiger partial charge < -0.3 is 10.1 Å². The molecule has 0 bridgehead atoms. The smallest absolute Gasteiger partial charge is 0.119 e. The molecule has 1 aromatic rings. The molecule has 2 nitrogen and oxygen atoms in total. The Kier molecular flexibility index (Phi) is 7.08. The molecule has 0 fully saturated rings. The monoisotopic (exact) mass is 289 g/mol. The fourth-order valence-electron chi connectivity index (χ4n) is 2.96. The molecule has 0 aromatic heterocycles. The second kappa shape index (κ2) is 9.09. The van der Waals surface area contributed by atoms with Crippen molar-refractivity contribution in [3.05, 3.63) is 29.3 Å². The van der Waals surface area contributed by atoms with Crippen molar-refractivity contribution < 1.29 is 4.74 Å². The summed E-state index contributed by atoms with van der Waals surface area (Å²) in [5, 5.41) is 3.46. The first-order chi connectivity index (χ1) is 10.3. The van der Waals surface area contributed by atoms with Gasteiger partial charge in [0, 0.05) is 6.04 Å². The highest BCUT2D eigenvalue weighted by Gasteiger charge is 2.09. The van der Waals surface area contributed by atoms with Crippen molar-refractivity contribution in [1.29, 1.82) is 0 Å². The van der Waals surface area contributed by atoms with E-state index in [-0.39, 0.29) is 0 Å². The van der Waals surface area contributed by atoms with Crippen LogP contribution in [0.15, 0.2) is 18.2 Å². The van der Waals surface area contributed by atoms with Crippen LogP contribution >= 0.6 is 0 Å². The van der Waals surface area contributed by atoms with Gasteiger partial charge in [-0.25, -0.2) is 0 Å². The second-order valence-corrected chi connectivity index (χ2v) is 6.51. The third-order valence-corrected chi connectivity index (χ3v) is 4.21. The van der Waals surface area contributed by atoms with E-state index >= 15 is 0 Å². The van der Waals surface area contributed by atoms with Crippen molar-refractivity contribution in [3.63, 3.8) is 0 Å². The number of aryl methyl sites for hydroxylation is 2. The second-order valence-electron chi connectivity index (χ2n) is 6.51. The minimum Gasteiger partial charge on any atom is -0.494 e. The van der Waals surface area contributed by atoms with E-state index in [4.69, 9.17) is 4.74 Å². The molecule has 0 saturated carbocycles. The van der Waals surface area contributed by atoms with Gasteiger partial charge in [0.1, 0.15) is 5.75 Å². The third-order valence-electron chi connectivity index (χ3n) is 4.21. The van der Waals surface area contributed by atoms with Gasteiger partial charge in [-0.05, 0) is 68.3 Å². The molecule has 0 unspecified atom stereocenters. The number of fused-ring (bicyclic) bond motifs is 1. The van der Waals surface area contributed by atoms with E-state index in [2.05, 4.69) is 37.4 Å². The maximum Gasteiger partial charge on any atom is 0.119 e. The molecule has 0 heterocycles. The fourth-order valence-corrected chi connectivity index (χ4v) is 2.96. The lowest BCUT2D eigenvalue weighted by Crippen LogP contribution is -2.23. The molecule has 2 rings (SSSR count). The molecule has 21 heavy (non-hydrogen) atoms. The maximum absolute atomic E-state index is 5.90. The molecule has 0 saturated heterocycles. The Labute approximate surface area is 130 Å². The summed E-state index contributed by atoms with van der Waals surface area (Å²) in [5.74, 6) is 1.07. The van der Waals surface area contributed by atoms with Crippen molar-refractivity contribution in [3.8, 4) is 5.75 Å². The number of hydrogen-bond donors (Lipinski definition) is 1. The fraction of sp³-hybridized carbons (Fsp3) is 0.684. The predicted molar refractivity (Wildman–Crippen MR) is 90.2 cm³/mol. The van der Waals surface area contributed by atoms with Crippen LogP contribution in [0, 0.1) is 0 Å². The summed E-state index contributed by atoms with van der Waals surface area (Å²) in [5.41, 5.74) is 3.05. The van der Waals surface area contributed by atoms with Gasteiger partial charge in [0.2, 0.25) is 0 Å². The van der Waals surface area contributed by atoms with Gasteiger partial charge in [-0.3, -0.25) is 0 Å². The van der Waals surface area contributed by atoms with Crippen LogP contribution < -0.4 is 10.1 Å². The van der Waals surface area contributed by atoms with Gasteiger partial charge >= 0.3 is 0 Å². The van der Waals surface area contributed by atoms with Gasteiger partial charge in [-0.15, -0.1) is 0 Å². The average Bonchev–Trinajstić information content (AvgIpc) is 2.49. The number of unbranched alkanes of at least 4 members (excludes halogenated alkanes) is 3. The number of benzene rings is 1. The highest BCUT2D eigenvalue weighted by molar-refractivity contribution is 5.37. The van der Waals surface area contributed by atoms with Gasteiger partial charge in [-0.2, -0.15) is 0 Å². The first kappa shape index (κ1) is 16.4. The van der Waals surface area contributed by atoms with E-state index in [1.807, 2.05) is 0 Å². The van der Waals surface area contributed by atoms with Crippen LogP contribution in [-0.4, -0.2) is 19.2 Å². The standard InChI is InChI=1S/C19H31NO/c1-16(2)20-13-7-3-4-8-14-21-19-12-11-17-9-5-6-10-18(17)15-19/h11-12,15-16,20H,3-10,13-14H2,1-2H3. The molecular weight excluding hydrogens is 258 g/mol. The normalized spacial score (nSPS) is 14.2. The molecule has 0 atom stereocenters. The molecule has 1 aromatic carbocycles. The van der Waals surface area contributed by atoms with Crippen LogP contribution in [0.3, 0.4) is 0 Å². The van der Waals surface area contributed by atoms with E-state index in [0.29, 0.717) is 6.04 Å². The molecule has 1 aliphatic carbocycles. The number of hydrogen-bond acceptors (Lipinski definition) is 2. The first-order valence-electron chi connectivity index (χ1n) is 8.73. The van der Waals surface area contributed by atoms with E-state index < -0.39 is 0 Å². The van der Waals surface area contributed by atoms with Gasteiger partial charge in [-0.1, -0.05) is 32.8 Å². The summed E-state index contributed by atoms with van der Waals surface area (Å²) in [4.78, 5) is 0. The Morgan fingerprint density at radius 2 is 1.76 bits per heavy atom. The van der Waals surface area contributed by atoms with E-state index in [9.17, 15) is 0 Å². The van der Waals surface area contributed by atoms with Crippen LogP contribution in [-0.2, 0) is 12.8 Å². The maximum atomic E-state index is 5.90. The van der Waals surface area contributed by atoms with Gasteiger partial charge in [0.15, 0.2) is 0 Å². The highest BCUT2D eigenvalue weighted by atomic mass is 16.5. The lowest BCUT2D eigenvalue weighted by atomic mass is 9.92. The zero-order chi connectivity index (χ0) is 14.9. The Balaban J connectivity index is 1.56. The lowest BCUT2D eigenvalue weighted by Gasteiger charge is -2.16. The molecule has 1 aliphatic rings. The van der Waals surface area contributed by atoms with E-state index in [1.54, 1.807) is 0 Å². The SMILES string of the molecule is CC(C)NCCCCCCOc1ccc2c(c1)CCCC2. The summed E-state index contributed by atoms with van der Waals surface area (Å²) in [6, 6.07) is 7.29. The Morgan fingerprint density at radius 3 is 2.57 bits per heavy atom. The van der Waals surface area contributed by atoms with Crippen LogP contribution in [0.25, 0.3) is 0 Å². The largest absolute Gasteiger partial charge is 0.494 e. The van der Waals surface area contributed by atoms with Crippen molar-refractivity contribution >= 4 is 0 Å². The van der Waals surface area contributed by atoms with Crippen LogP contribution in [0.2, 0.25) is 0 Å². The predicted octanol–water partition coefficient (Wildman–Crippen LogP) is 4.50. The lowest BCUT2D eigenvalue weighted by molar-refractivity contribution is 0.304. The Morgan fingerprint density at radius 1 is 1.00 bits per heavy atom. The average molecular weight is 289 g/mol. The summed E-state index contributed by atoms with van der Waals surface area (Å²) in [6.45, 7) is 6.40. The first-order valence-corrected chi connectivity index (χ1v) is 8.73. The molecule has 0 aliphatic heterocycles. The van der Waals surface area contributed by atoms with E-state index in [0.717, 1.165) is 18.9 Å². The topological polar surface area (TPSA) is 21.3 Å². The highest BCUT2D eigenvalue weighted by Crippen LogP contribution is 2.25. The molecule has 1 N–H and O–H groups in total. The Bertz CT molecular complexity index is 414. The van der Waals surface area contributed by atoms with Crippen LogP contribution in [0.5, 0.6) is 5.75 Å².